The molecule has 1 aliphatic carbocycles. The molecule has 0 aliphatic heterocycles. The van der Waals surface area contributed by atoms with Crippen LogP contribution in [0.5, 0.6) is 0 Å². The van der Waals surface area contributed by atoms with Crippen molar-refractivity contribution in [2.75, 3.05) is 13.2 Å². The number of hydrogen-bond donors (Lipinski definition) is 0. The molecule has 6 heteroatoms. The molecule has 1 aliphatic rings. The number of nitro groups is 1. The highest BCUT2D eigenvalue weighted by Crippen LogP contribution is 2.37. The molecule has 0 N–H and O–H groups in total. The SMILES string of the molecule is CCOC(=O)[C@@H]1CCC(=O)C([C@@H](C[N+](=O)[O-])c2ccccc2)=C1C. The van der Waals surface area contributed by atoms with E-state index in [1.54, 1.807) is 38.1 Å². The van der Waals surface area contributed by atoms with Gasteiger partial charge in [-0.1, -0.05) is 35.9 Å². The number of esters is 1. The molecule has 0 spiro atoms. The first kappa shape index (κ1) is 17.8. The first-order valence-electron chi connectivity index (χ1n) is 8.02. The molecule has 24 heavy (non-hydrogen) atoms. The minimum Gasteiger partial charge on any atom is -0.466 e. The molecule has 0 bridgehead atoms. The zero-order chi connectivity index (χ0) is 17.7. The highest BCUT2D eigenvalue weighted by atomic mass is 16.6. The molecular weight excluding hydrogens is 310 g/mol. The molecular formula is C18H21NO5. The maximum absolute atomic E-state index is 12.5. The summed E-state index contributed by atoms with van der Waals surface area (Å²) in [6.07, 6.45) is 0.601. The smallest absolute Gasteiger partial charge is 0.313 e. The van der Waals surface area contributed by atoms with E-state index in [9.17, 15) is 19.7 Å². The van der Waals surface area contributed by atoms with Crippen molar-refractivity contribution < 1.29 is 19.2 Å². The van der Waals surface area contributed by atoms with Gasteiger partial charge in [0, 0.05) is 16.9 Å². The normalized spacial score (nSPS) is 19.1. The maximum atomic E-state index is 12.5. The quantitative estimate of drug-likeness (QED) is 0.454. The lowest BCUT2D eigenvalue weighted by molar-refractivity contribution is -0.481. The Labute approximate surface area is 140 Å². The van der Waals surface area contributed by atoms with E-state index >= 15 is 0 Å². The Kier molecular flexibility index (Phi) is 5.84. The van der Waals surface area contributed by atoms with Crippen molar-refractivity contribution in [1.29, 1.82) is 0 Å². The summed E-state index contributed by atoms with van der Waals surface area (Å²) < 4.78 is 5.08. The Bertz CT molecular complexity index is 665. The van der Waals surface area contributed by atoms with Gasteiger partial charge in [0.1, 0.15) is 0 Å². The molecule has 2 rings (SSSR count). The summed E-state index contributed by atoms with van der Waals surface area (Å²) in [6, 6.07) is 8.94. The van der Waals surface area contributed by atoms with Gasteiger partial charge in [0.25, 0.3) is 0 Å². The molecule has 6 nitrogen and oxygen atoms in total. The van der Waals surface area contributed by atoms with Crippen LogP contribution in [0.4, 0.5) is 0 Å². The van der Waals surface area contributed by atoms with Crippen LogP contribution in [0.3, 0.4) is 0 Å². The number of ketones is 1. The van der Waals surface area contributed by atoms with E-state index in [1.807, 2.05) is 6.07 Å². The number of rotatable bonds is 6. The van der Waals surface area contributed by atoms with Crippen LogP contribution in [-0.2, 0) is 14.3 Å². The van der Waals surface area contributed by atoms with Crippen molar-refractivity contribution in [3.8, 4) is 0 Å². The lowest BCUT2D eigenvalue weighted by atomic mass is 9.75. The van der Waals surface area contributed by atoms with Crippen molar-refractivity contribution in [2.45, 2.75) is 32.6 Å². The number of ether oxygens (including phenoxy) is 1. The Morgan fingerprint density at radius 2 is 2.04 bits per heavy atom. The summed E-state index contributed by atoms with van der Waals surface area (Å²) in [7, 11) is 0. The minimum atomic E-state index is -0.647. The van der Waals surface area contributed by atoms with E-state index in [0.29, 0.717) is 23.1 Å². The van der Waals surface area contributed by atoms with Crippen LogP contribution in [0.2, 0.25) is 0 Å². The number of benzene rings is 1. The van der Waals surface area contributed by atoms with Crippen LogP contribution in [0, 0.1) is 16.0 Å². The monoisotopic (exact) mass is 331 g/mol. The first-order chi connectivity index (χ1) is 11.5. The van der Waals surface area contributed by atoms with Gasteiger partial charge in [0.15, 0.2) is 5.78 Å². The van der Waals surface area contributed by atoms with E-state index < -0.39 is 16.8 Å². The third-order valence-corrected chi connectivity index (χ3v) is 4.36. The van der Waals surface area contributed by atoms with Gasteiger partial charge >= 0.3 is 5.97 Å². The minimum absolute atomic E-state index is 0.122. The van der Waals surface area contributed by atoms with Gasteiger partial charge < -0.3 is 4.74 Å². The van der Waals surface area contributed by atoms with Crippen LogP contribution < -0.4 is 0 Å². The third kappa shape index (κ3) is 3.88. The number of Topliss-reactive ketones (excluding diaryl/α,β-unsaturated/α-hetero) is 1. The average Bonchev–Trinajstić information content (AvgIpc) is 2.54. The molecule has 0 saturated carbocycles. The highest BCUT2D eigenvalue weighted by Gasteiger charge is 2.37. The number of carbonyl (C=O) groups excluding carboxylic acids is 2. The number of hydrogen-bond acceptors (Lipinski definition) is 5. The van der Waals surface area contributed by atoms with Crippen LogP contribution >= 0.6 is 0 Å². The van der Waals surface area contributed by atoms with Crippen molar-refractivity contribution >= 4 is 11.8 Å². The molecule has 0 saturated heterocycles. The third-order valence-electron chi connectivity index (χ3n) is 4.36. The van der Waals surface area contributed by atoms with E-state index in [2.05, 4.69) is 0 Å². The van der Waals surface area contributed by atoms with Crippen molar-refractivity contribution in [3.05, 3.63) is 57.2 Å². The summed E-state index contributed by atoms with van der Waals surface area (Å²) in [4.78, 5) is 35.4. The van der Waals surface area contributed by atoms with Gasteiger partial charge in [-0.2, -0.15) is 0 Å². The van der Waals surface area contributed by atoms with Crippen molar-refractivity contribution in [3.63, 3.8) is 0 Å². The summed E-state index contributed by atoms with van der Waals surface area (Å²) in [5.74, 6) is -1.64. The highest BCUT2D eigenvalue weighted by molar-refractivity contribution is 6.00. The van der Waals surface area contributed by atoms with E-state index in [-0.39, 0.29) is 31.3 Å². The van der Waals surface area contributed by atoms with E-state index in [0.717, 1.165) is 0 Å². The predicted molar refractivity (Wildman–Crippen MR) is 88.1 cm³/mol. The fourth-order valence-corrected chi connectivity index (χ4v) is 3.24. The molecule has 1 aromatic carbocycles. The molecule has 0 unspecified atom stereocenters. The van der Waals surface area contributed by atoms with Gasteiger partial charge in [-0.05, 0) is 25.8 Å². The number of nitrogens with zero attached hydrogens (tertiary/aromatic N) is 1. The lowest BCUT2D eigenvalue weighted by Gasteiger charge is -2.28. The Morgan fingerprint density at radius 1 is 1.38 bits per heavy atom. The molecule has 0 amide bonds. The Hall–Kier alpha value is -2.50. The first-order valence-corrected chi connectivity index (χ1v) is 8.02. The number of carbonyl (C=O) groups is 2. The van der Waals surface area contributed by atoms with E-state index in [4.69, 9.17) is 4.74 Å². The zero-order valence-corrected chi connectivity index (χ0v) is 13.9. The molecule has 0 fully saturated rings. The van der Waals surface area contributed by atoms with Gasteiger partial charge in [-0.15, -0.1) is 0 Å². The van der Waals surface area contributed by atoms with Gasteiger partial charge in [-0.25, -0.2) is 0 Å². The van der Waals surface area contributed by atoms with Crippen molar-refractivity contribution in [1.82, 2.24) is 0 Å². The topological polar surface area (TPSA) is 86.5 Å². The average molecular weight is 331 g/mol. The molecule has 0 radical (unpaired) electrons. The predicted octanol–water partition coefficient (Wildman–Crippen LogP) is 2.91. The van der Waals surface area contributed by atoms with E-state index in [1.165, 1.54) is 0 Å². The molecule has 0 heterocycles. The van der Waals surface area contributed by atoms with Crippen LogP contribution in [0.25, 0.3) is 0 Å². The maximum Gasteiger partial charge on any atom is 0.313 e. The van der Waals surface area contributed by atoms with Crippen molar-refractivity contribution in [2.24, 2.45) is 5.92 Å². The van der Waals surface area contributed by atoms with Crippen LogP contribution in [0.15, 0.2) is 41.5 Å². The lowest BCUT2D eigenvalue weighted by Crippen LogP contribution is -2.30. The molecule has 128 valence electrons. The largest absolute Gasteiger partial charge is 0.466 e. The van der Waals surface area contributed by atoms with Crippen LogP contribution in [0.1, 0.15) is 38.2 Å². The summed E-state index contributed by atoms with van der Waals surface area (Å²) in [5.41, 5.74) is 1.70. The van der Waals surface area contributed by atoms with Crippen LogP contribution in [-0.4, -0.2) is 29.8 Å². The summed E-state index contributed by atoms with van der Waals surface area (Å²) in [6.45, 7) is 3.33. The Balaban J connectivity index is 2.48. The second-order valence-corrected chi connectivity index (χ2v) is 5.84. The fourth-order valence-electron chi connectivity index (χ4n) is 3.24. The Morgan fingerprint density at radius 3 is 2.62 bits per heavy atom. The van der Waals surface area contributed by atoms with Gasteiger partial charge in [0.05, 0.1) is 18.4 Å². The standard InChI is InChI=1S/C18H21NO5/c1-3-24-18(21)14-9-10-16(20)17(12(14)2)15(11-19(22)23)13-7-5-4-6-8-13/h4-8,14-15H,3,9-11H2,1-2H3/t14-,15+/m1/s1. The van der Waals surface area contributed by atoms with Gasteiger partial charge in [0.2, 0.25) is 6.54 Å². The van der Waals surface area contributed by atoms with Gasteiger partial charge in [-0.3, -0.25) is 19.7 Å². The molecule has 2 atom stereocenters. The summed E-state index contributed by atoms with van der Waals surface area (Å²) >= 11 is 0. The molecule has 1 aromatic rings. The zero-order valence-electron chi connectivity index (χ0n) is 13.9. The summed E-state index contributed by atoms with van der Waals surface area (Å²) in [5, 5.41) is 11.1. The fraction of sp³-hybridized carbons (Fsp3) is 0.444. The second kappa shape index (κ2) is 7.86. The molecule has 0 aromatic heterocycles. The second-order valence-electron chi connectivity index (χ2n) is 5.84.